The molecular weight excluding hydrogens is 328 g/mol. The van der Waals surface area contributed by atoms with Crippen molar-refractivity contribution in [3.05, 3.63) is 32.9 Å². The number of hydrogen-bond donors (Lipinski definition) is 1. The summed E-state index contributed by atoms with van der Waals surface area (Å²) in [5.74, 6) is 0. The van der Waals surface area contributed by atoms with Crippen LogP contribution in [0.2, 0.25) is 0 Å². The van der Waals surface area contributed by atoms with Crippen LogP contribution in [0.25, 0.3) is 0 Å². The van der Waals surface area contributed by atoms with Gasteiger partial charge in [0.1, 0.15) is 0 Å². The summed E-state index contributed by atoms with van der Waals surface area (Å²) < 4.78 is 8.04. The van der Waals surface area contributed by atoms with Crippen molar-refractivity contribution < 1.29 is 4.42 Å². The number of aromatic nitrogens is 3. The molecule has 0 radical (unpaired) electrons. The molecular formula is C8H8Br2N4O. The summed E-state index contributed by atoms with van der Waals surface area (Å²) in [6, 6.07) is 1.49. The van der Waals surface area contributed by atoms with Crippen LogP contribution in [0.5, 0.6) is 0 Å². The van der Waals surface area contributed by atoms with Crippen LogP contribution < -0.4 is 5.73 Å². The maximum atomic E-state index is 6.09. The van der Waals surface area contributed by atoms with Crippen molar-refractivity contribution in [2.75, 3.05) is 0 Å². The van der Waals surface area contributed by atoms with E-state index in [-0.39, 0.29) is 6.04 Å². The summed E-state index contributed by atoms with van der Waals surface area (Å²) in [5.41, 5.74) is 7.75. The molecule has 7 heteroatoms. The maximum absolute atomic E-state index is 6.09. The molecule has 0 amide bonds. The van der Waals surface area contributed by atoms with Crippen LogP contribution in [0.3, 0.4) is 0 Å². The summed E-state index contributed by atoms with van der Waals surface area (Å²) in [5, 5.41) is 7.75. The molecule has 2 heterocycles. The molecule has 2 N–H and O–H groups in total. The normalized spacial score (nSPS) is 13.1. The van der Waals surface area contributed by atoms with E-state index in [0.717, 1.165) is 11.3 Å². The van der Waals surface area contributed by atoms with Crippen LogP contribution in [-0.2, 0) is 7.05 Å². The summed E-state index contributed by atoms with van der Waals surface area (Å²) in [6.45, 7) is 0. The lowest BCUT2D eigenvalue weighted by molar-refractivity contribution is 0.532. The maximum Gasteiger partial charge on any atom is 0.174 e. The Morgan fingerprint density at radius 1 is 1.53 bits per heavy atom. The molecule has 1 atom stereocenters. The average molecular weight is 336 g/mol. The first-order chi connectivity index (χ1) is 7.11. The SMILES string of the molecule is Cn1nnc(Br)c1C(N)c1ccoc1Br. The molecule has 0 aliphatic heterocycles. The van der Waals surface area contributed by atoms with E-state index in [1.54, 1.807) is 18.0 Å². The second-order valence-electron chi connectivity index (χ2n) is 3.02. The van der Waals surface area contributed by atoms with Gasteiger partial charge in [-0.25, -0.2) is 4.68 Å². The third kappa shape index (κ3) is 1.86. The minimum atomic E-state index is -0.326. The number of furan rings is 1. The summed E-state index contributed by atoms with van der Waals surface area (Å²) in [7, 11) is 1.79. The van der Waals surface area contributed by atoms with Gasteiger partial charge in [-0.15, -0.1) is 5.10 Å². The van der Waals surface area contributed by atoms with Gasteiger partial charge in [0.05, 0.1) is 18.0 Å². The zero-order chi connectivity index (χ0) is 11.0. The summed E-state index contributed by atoms with van der Waals surface area (Å²) in [6.07, 6.45) is 1.58. The Morgan fingerprint density at radius 2 is 2.27 bits per heavy atom. The smallest absolute Gasteiger partial charge is 0.174 e. The fourth-order valence-electron chi connectivity index (χ4n) is 1.34. The number of nitrogens with two attached hydrogens (primary N) is 1. The third-order valence-electron chi connectivity index (χ3n) is 2.10. The monoisotopic (exact) mass is 334 g/mol. The van der Waals surface area contributed by atoms with Gasteiger partial charge in [0.15, 0.2) is 9.27 Å². The van der Waals surface area contributed by atoms with Crippen molar-refractivity contribution in [2.24, 2.45) is 12.8 Å². The second kappa shape index (κ2) is 4.07. The molecule has 15 heavy (non-hydrogen) atoms. The molecule has 0 aliphatic rings. The van der Waals surface area contributed by atoms with E-state index in [2.05, 4.69) is 42.2 Å². The zero-order valence-electron chi connectivity index (χ0n) is 7.82. The van der Waals surface area contributed by atoms with Crippen molar-refractivity contribution >= 4 is 31.9 Å². The predicted molar refractivity (Wildman–Crippen MR) is 61.1 cm³/mol. The first-order valence-electron chi connectivity index (χ1n) is 4.14. The van der Waals surface area contributed by atoms with Gasteiger partial charge < -0.3 is 10.2 Å². The minimum absolute atomic E-state index is 0.326. The zero-order valence-corrected chi connectivity index (χ0v) is 11.0. The van der Waals surface area contributed by atoms with Gasteiger partial charge in [0.2, 0.25) is 0 Å². The molecule has 2 aromatic rings. The van der Waals surface area contributed by atoms with Crippen molar-refractivity contribution in [3.63, 3.8) is 0 Å². The molecule has 0 fully saturated rings. The third-order valence-corrected chi connectivity index (χ3v) is 3.31. The Kier molecular flexibility index (Phi) is 2.94. The highest BCUT2D eigenvalue weighted by atomic mass is 79.9. The number of aryl methyl sites for hydroxylation is 1. The predicted octanol–water partition coefficient (Wildman–Crippen LogP) is 1.98. The van der Waals surface area contributed by atoms with Gasteiger partial charge in [-0.2, -0.15) is 0 Å². The highest BCUT2D eigenvalue weighted by Gasteiger charge is 2.21. The summed E-state index contributed by atoms with van der Waals surface area (Å²) in [4.78, 5) is 0. The first-order valence-corrected chi connectivity index (χ1v) is 5.73. The molecule has 0 saturated carbocycles. The quantitative estimate of drug-likeness (QED) is 0.911. The largest absolute Gasteiger partial charge is 0.457 e. The van der Waals surface area contributed by atoms with Crippen LogP contribution in [0.15, 0.2) is 26.0 Å². The van der Waals surface area contributed by atoms with Crippen LogP contribution in [-0.4, -0.2) is 15.0 Å². The lowest BCUT2D eigenvalue weighted by atomic mass is 10.1. The standard InChI is InChI=1S/C8H8Br2N4O/c1-14-6(7(9)12-13-14)5(11)4-2-3-15-8(4)10/h2-3,5H,11H2,1H3. The minimum Gasteiger partial charge on any atom is -0.457 e. The fraction of sp³-hybridized carbons (Fsp3) is 0.250. The molecule has 0 aliphatic carbocycles. The number of hydrogen-bond acceptors (Lipinski definition) is 4. The Balaban J connectivity index is 2.45. The lowest BCUT2D eigenvalue weighted by Gasteiger charge is -2.10. The Bertz CT molecular complexity index is 459. The molecule has 1 unspecified atom stereocenters. The van der Waals surface area contributed by atoms with Gasteiger partial charge >= 0.3 is 0 Å². The van der Waals surface area contributed by atoms with E-state index in [1.165, 1.54) is 0 Å². The van der Waals surface area contributed by atoms with Crippen LogP contribution in [0.4, 0.5) is 0 Å². The molecule has 0 spiro atoms. The second-order valence-corrected chi connectivity index (χ2v) is 4.49. The number of halogens is 2. The Labute approximate surface area is 103 Å². The molecule has 80 valence electrons. The van der Waals surface area contributed by atoms with Crippen molar-refractivity contribution in [1.29, 1.82) is 0 Å². The molecule has 2 aromatic heterocycles. The number of rotatable bonds is 2. The van der Waals surface area contributed by atoms with Crippen molar-refractivity contribution in [2.45, 2.75) is 6.04 Å². The molecule has 0 bridgehead atoms. The Morgan fingerprint density at radius 3 is 2.73 bits per heavy atom. The van der Waals surface area contributed by atoms with Gasteiger partial charge in [-0.3, -0.25) is 0 Å². The highest BCUT2D eigenvalue weighted by Crippen LogP contribution is 2.30. The van der Waals surface area contributed by atoms with E-state index in [9.17, 15) is 0 Å². The van der Waals surface area contributed by atoms with E-state index >= 15 is 0 Å². The molecule has 2 rings (SSSR count). The van der Waals surface area contributed by atoms with Crippen molar-refractivity contribution in [1.82, 2.24) is 15.0 Å². The van der Waals surface area contributed by atoms with E-state index < -0.39 is 0 Å². The first kappa shape index (κ1) is 10.8. The van der Waals surface area contributed by atoms with Gasteiger partial charge in [0.25, 0.3) is 0 Å². The lowest BCUT2D eigenvalue weighted by Crippen LogP contribution is -2.16. The topological polar surface area (TPSA) is 69.9 Å². The van der Waals surface area contributed by atoms with Crippen LogP contribution in [0.1, 0.15) is 17.3 Å². The van der Waals surface area contributed by atoms with Crippen LogP contribution >= 0.6 is 31.9 Å². The molecule has 5 nitrogen and oxygen atoms in total. The van der Waals surface area contributed by atoms with Gasteiger partial charge in [-0.1, -0.05) is 5.21 Å². The molecule has 0 saturated heterocycles. The van der Waals surface area contributed by atoms with Gasteiger partial charge in [-0.05, 0) is 37.9 Å². The van der Waals surface area contributed by atoms with E-state index in [4.69, 9.17) is 10.2 Å². The van der Waals surface area contributed by atoms with Crippen LogP contribution in [0, 0.1) is 0 Å². The highest BCUT2D eigenvalue weighted by molar-refractivity contribution is 9.10. The molecule has 0 aromatic carbocycles. The number of nitrogens with zero attached hydrogens (tertiary/aromatic N) is 3. The van der Waals surface area contributed by atoms with E-state index in [0.29, 0.717) is 9.27 Å². The summed E-state index contributed by atoms with van der Waals surface area (Å²) >= 11 is 6.60. The fourth-order valence-corrected chi connectivity index (χ4v) is 2.40. The average Bonchev–Trinajstić information content (AvgIpc) is 2.73. The Hall–Kier alpha value is -0.660. The van der Waals surface area contributed by atoms with E-state index in [1.807, 2.05) is 6.07 Å². The van der Waals surface area contributed by atoms with Gasteiger partial charge in [0, 0.05) is 12.6 Å². The van der Waals surface area contributed by atoms with Crippen molar-refractivity contribution in [3.8, 4) is 0 Å².